The molecule has 7 heteroatoms. The monoisotopic (exact) mass is 184 g/mol. The van der Waals surface area contributed by atoms with Crippen molar-refractivity contribution in [2.24, 2.45) is 0 Å². The van der Waals surface area contributed by atoms with Crippen LogP contribution >= 0.6 is 0 Å². The fraction of sp³-hybridized carbons (Fsp3) is 1.00. The van der Waals surface area contributed by atoms with Gasteiger partial charge < -0.3 is 4.74 Å². The Bertz CT molecular complexity index is 179. The highest BCUT2D eigenvalue weighted by Crippen LogP contribution is 1.74. The molecular formula is C4H12N2O4S. The maximum Gasteiger partial charge on any atom is 0.299 e. The number of hydrogen-bond acceptors (Lipinski definition) is 4. The topological polar surface area (TPSA) is 76.7 Å². The van der Waals surface area contributed by atoms with Crippen LogP contribution in [0.3, 0.4) is 0 Å². The van der Waals surface area contributed by atoms with E-state index in [1.165, 1.54) is 14.2 Å². The minimum absolute atomic E-state index is 0.217. The summed E-state index contributed by atoms with van der Waals surface area (Å²) in [6.07, 6.45) is 0. The minimum atomic E-state index is -3.51. The third-order valence-electron chi connectivity index (χ3n) is 0.791. The fourth-order valence-electron chi connectivity index (χ4n) is 0.417. The van der Waals surface area contributed by atoms with Gasteiger partial charge in [0.2, 0.25) is 0 Å². The maximum atomic E-state index is 10.7. The Hall–Kier alpha value is -0.210. The number of rotatable bonds is 6. The van der Waals surface area contributed by atoms with Crippen molar-refractivity contribution in [2.75, 3.05) is 27.4 Å². The van der Waals surface area contributed by atoms with E-state index in [1.54, 1.807) is 4.89 Å². The maximum absolute atomic E-state index is 10.7. The molecule has 6 nitrogen and oxygen atoms in total. The highest BCUT2D eigenvalue weighted by molar-refractivity contribution is 7.87. The molecule has 0 amide bonds. The second kappa shape index (κ2) is 5.44. The lowest BCUT2D eigenvalue weighted by Gasteiger charge is -2.04. The SMILES string of the molecule is COCCNS(=O)(=O)NOC. The first-order valence-corrected chi connectivity index (χ1v) is 4.39. The predicted molar refractivity (Wildman–Crippen MR) is 38.9 cm³/mol. The lowest BCUT2D eigenvalue weighted by molar-refractivity contribution is 0.151. The van der Waals surface area contributed by atoms with Gasteiger partial charge in [0.05, 0.1) is 13.7 Å². The Morgan fingerprint density at radius 1 is 1.36 bits per heavy atom. The van der Waals surface area contributed by atoms with Crippen LogP contribution in [0, 0.1) is 0 Å². The zero-order chi connectivity index (χ0) is 8.74. The predicted octanol–water partition coefficient (Wildman–Crippen LogP) is -1.38. The van der Waals surface area contributed by atoms with Gasteiger partial charge >= 0.3 is 0 Å². The summed E-state index contributed by atoms with van der Waals surface area (Å²) >= 11 is 0. The standard InChI is InChI=1S/C4H12N2O4S/c1-9-4-3-5-11(7,8)6-10-2/h5-6H,3-4H2,1-2H3. The zero-order valence-corrected chi connectivity index (χ0v) is 7.27. The molecule has 0 aromatic rings. The van der Waals surface area contributed by atoms with Crippen molar-refractivity contribution in [3.8, 4) is 0 Å². The molecule has 0 heterocycles. The van der Waals surface area contributed by atoms with E-state index in [4.69, 9.17) is 0 Å². The third kappa shape index (κ3) is 6.20. The van der Waals surface area contributed by atoms with Crippen molar-refractivity contribution in [3.05, 3.63) is 0 Å². The summed E-state index contributed by atoms with van der Waals surface area (Å²) in [6, 6.07) is 0. The summed E-state index contributed by atoms with van der Waals surface area (Å²) < 4.78 is 28.2. The van der Waals surface area contributed by atoms with Gasteiger partial charge in [0, 0.05) is 13.7 Å². The molecule has 0 bridgehead atoms. The Morgan fingerprint density at radius 2 is 2.00 bits per heavy atom. The zero-order valence-electron chi connectivity index (χ0n) is 6.46. The highest BCUT2D eigenvalue weighted by Gasteiger charge is 2.05. The van der Waals surface area contributed by atoms with E-state index in [0.29, 0.717) is 6.61 Å². The van der Waals surface area contributed by atoms with Gasteiger partial charge in [-0.1, -0.05) is 4.89 Å². The number of methoxy groups -OCH3 is 1. The summed E-state index contributed by atoms with van der Waals surface area (Å²) in [5.41, 5.74) is 0. The van der Waals surface area contributed by atoms with Crippen LogP contribution in [-0.2, 0) is 19.8 Å². The van der Waals surface area contributed by atoms with E-state index in [1.807, 2.05) is 0 Å². The molecule has 2 N–H and O–H groups in total. The summed E-state index contributed by atoms with van der Waals surface area (Å²) in [6.45, 7) is 0.541. The van der Waals surface area contributed by atoms with Crippen LogP contribution < -0.4 is 9.61 Å². The van der Waals surface area contributed by atoms with Crippen molar-refractivity contribution in [3.63, 3.8) is 0 Å². The number of nitrogens with one attached hydrogen (secondary N) is 2. The second-order valence-electron chi connectivity index (χ2n) is 1.68. The summed E-state index contributed by atoms with van der Waals surface area (Å²) in [5, 5.41) is 0. The molecule has 0 fully saturated rings. The van der Waals surface area contributed by atoms with E-state index in [0.717, 1.165) is 0 Å². The van der Waals surface area contributed by atoms with Gasteiger partial charge in [0.1, 0.15) is 0 Å². The van der Waals surface area contributed by atoms with Gasteiger partial charge in [-0.05, 0) is 0 Å². The average molecular weight is 184 g/mol. The Balaban J connectivity index is 3.56. The van der Waals surface area contributed by atoms with Crippen LogP contribution in [0.5, 0.6) is 0 Å². The number of hydrogen-bond donors (Lipinski definition) is 2. The van der Waals surface area contributed by atoms with Crippen LogP contribution in [0.25, 0.3) is 0 Å². The van der Waals surface area contributed by atoms with E-state index in [-0.39, 0.29) is 6.54 Å². The first-order chi connectivity index (χ1) is 5.12. The van der Waals surface area contributed by atoms with Crippen molar-refractivity contribution in [2.45, 2.75) is 0 Å². The van der Waals surface area contributed by atoms with E-state index in [9.17, 15) is 8.42 Å². The molecule has 0 aliphatic carbocycles. The molecule has 0 aliphatic rings. The van der Waals surface area contributed by atoms with Crippen LogP contribution in [0.1, 0.15) is 0 Å². The molecule has 11 heavy (non-hydrogen) atoms. The van der Waals surface area contributed by atoms with Crippen LogP contribution in [0.15, 0.2) is 0 Å². The molecule has 0 unspecified atom stereocenters. The molecule has 0 aliphatic heterocycles. The Morgan fingerprint density at radius 3 is 2.45 bits per heavy atom. The van der Waals surface area contributed by atoms with Crippen molar-refractivity contribution in [1.82, 2.24) is 9.61 Å². The Kier molecular flexibility index (Phi) is 5.34. The van der Waals surface area contributed by atoms with Gasteiger partial charge in [-0.15, -0.1) is 0 Å². The molecular weight excluding hydrogens is 172 g/mol. The summed E-state index contributed by atoms with van der Waals surface area (Å²) in [7, 11) is -0.804. The van der Waals surface area contributed by atoms with Gasteiger partial charge in [-0.3, -0.25) is 4.84 Å². The molecule has 0 saturated heterocycles. The molecule has 0 atom stereocenters. The molecule has 0 spiro atoms. The summed E-state index contributed by atoms with van der Waals surface area (Å²) in [5.74, 6) is 0. The van der Waals surface area contributed by atoms with Crippen LogP contribution in [0.4, 0.5) is 0 Å². The first-order valence-electron chi connectivity index (χ1n) is 2.90. The normalized spacial score (nSPS) is 11.8. The van der Waals surface area contributed by atoms with Gasteiger partial charge in [-0.2, -0.15) is 13.1 Å². The minimum Gasteiger partial charge on any atom is -0.383 e. The van der Waals surface area contributed by atoms with Gasteiger partial charge in [-0.25, -0.2) is 0 Å². The van der Waals surface area contributed by atoms with Crippen molar-refractivity contribution in [1.29, 1.82) is 0 Å². The molecule has 0 saturated carbocycles. The van der Waals surface area contributed by atoms with Crippen LogP contribution in [-0.4, -0.2) is 35.8 Å². The Labute approximate surface area is 66.0 Å². The lowest BCUT2D eigenvalue weighted by atomic mass is 10.7. The van der Waals surface area contributed by atoms with E-state index >= 15 is 0 Å². The highest BCUT2D eigenvalue weighted by atomic mass is 32.2. The van der Waals surface area contributed by atoms with Gasteiger partial charge in [0.25, 0.3) is 10.2 Å². The van der Waals surface area contributed by atoms with E-state index < -0.39 is 10.2 Å². The molecule has 0 rings (SSSR count). The number of ether oxygens (including phenoxy) is 1. The summed E-state index contributed by atoms with van der Waals surface area (Å²) in [4.78, 5) is 5.98. The first kappa shape index (κ1) is 10.8. The molecule has 68 valence electrons. The van der Waals surface area contributed by atoms with Crippen molar-refractivity contribution >= 4 is 10.2 Å². The molecule has 0 aromatic carbocycles. The lowest BCUT2D eigenvalue weighted by Crippen LogP contribution is -2.37. The second-order valence-corrected chi connectivity index (χ2v) is 3.14. The van der Waals surface area contributed by atoms with Crippen LogP contribution in [0.2, 0.25) is 0 Å². The quantitative estimate of drug-likeness (QED) is 0.394. The third-order valence-corrected chi connectivity index (χ3v) is 1.76. The smallest absolute Gasteiger partial charge is 0.299 e. The van der Waals surface area contributed by atoms with E-state index in [2.05, 4.69) is 14.3 Å². The molecule has 0 aromatic heterocycles. The molecule has 0 radical (unpaired) electrons. The van der Waals surface area contributed by atoms with Gasteiger partial charge in [0.15, 0.2) is 0 Å². The fourth-order valence-corrected chi connectivity index (χ4v) is 1.05. The largest absolute Gasteiger partial charge is 0.383 e. The van der Waals surface area contributed by atoms with Crippen molar-refractivity contribution < 1.29 is 18.0 Å². The average Bonchev–Trinajstić information content (AvgIpc) is 1.87.